The van der Waals surface area contributed by atoms with Crippen molar-refractivity contribution in [3.8, 4) is 0 Å². The largest absolute Gasteiger partial charge is 0.327 e. The number of hydrogen-bond acceptors (Lipinski definition) is 3. The van der Waals surface area contributed by atoms with Crippen molar-refractivity contribution < 1.29 is 4.92 Å². The van der Waals surface area contributed by atoms with Gasteiger partial charge < -0.3 is 5.73 Å². The molecule has 0 atom stereocenters. The summed E-state index contributed by atoms with van der Waals surface area (Å²) in [5, 5.41) is 10.6. The van der Waals surface area contributed by atoms with Crippen LogP contribution in [0.4, 0.5) is 5.69 Å². The normalized spacial score (nSPS) is 17.4. The van der Waals surface area contributed by atoms with E-state index in [0.29, 0.717) is 12.5 Å². The van der Waals surface area contributed by atoms with Crippen LogP contribution in [0.5, 0.6) is 0 Å². The van der Waals surface area contributed by atoms with Crippen LogP contribution >= 0.6 is 0 Å². The molecule has 0 aromatic heterocycles. The smallest absolute Gasteiger partial charge is 0.269 e. The predicted molar refractivity (Wildman–Crippen MR) is 76.7 cm³/mol. The summed E-state index contributed by atoms with van der Waals surface area (Å²) in [6, 6.07) is 6.66. The lowest BCUT2D eigenvalue weighted by Crippen LogP contribution is -2.16. The van der Waals surface area contributed by atoms with Gasteiger partial charge in [0.05, 0.1) is 4.92 Å². The molecule has 1 saturated carbocycles. The Balaban J connectivity index is 2.14. The van der Waals surface area contributed by atoms with Gasteiger partial charge in [0.25, 0.3) is 5.69 Å². The van der Waals surface area contributed by atoms with Crippen LogP contribution in [0.2, 0.25) is 0 Å². The molecule has 0 bridgehead atoms. The summed E-state index contributed by atoms with van der Waals surface area (Å²) in [4.78, 5) is 10.2. The Morgan fingerprint density at radius 2 is 1.89 bits per heavy atom. The molecule has 1 fully saturated rings. The van der Waals surface area contributed by atoms with Gasteiger partial charge in [0, 0.05) is 18.7 Å². The average molecular weight is 260 g/mol. The highest BCUT2D eigenvalue weighted by Crippen LogP contribution is 2.30. The lowest BCUT2D eigenvalue weighted by atomic mass is 9.83. The Bertz CT molecular complexity index is 460. The fraction of sp³-hybridized carbons (Fsp3) is 0.467. The Morgan fingerprint density at radius 3 is 2.42 bits per heavy atom. The Hall–Kier alpha value is -1.68. The molecule has 1 aliphatic carbocycles. The van der Waals surface area contributed by atoms with Crippen molar-refractivity contribution in [2.24, 2.45) is 11.7 Å². The van der Waals surface area contributed by atoms with E-state index in [9.17, 15) is 10.1 Å². The third kappa shape index (κ3) is 3.64. The van der Waals surface area contributed by atoms with Crippen LogP contribution < -0.4 is 5.73 Å². The lowest BCUT2D eigenvalue weighted by Gasteiger charge is -2.23. The number of benzene rings is 1. The lowest BCUT2D eigenvalue weighted by molar-refractivity contribution is -0.384. The molecule has 0 spiro atoms. The summed E-state index contributed by atoms with van der Waals surface area (Å²) in [6.45, 7) is 0.571. The van der Waals surface area contributed by atoms with Gasteiger partial charge in [-0.25, -0.2) is 0 Å². The van der Waals surface area contributed by atoms with E-state index in [1.54, 1.807) is 24.3 Å². The first-order valence-electron chi connectivity index (χ1n) is 6.85. The van der Waals surface area contributed by atoms with E-state index in [0.717, 1.165) is 5.56 Å². The highest BCUT2D eigenvalue weighted by Gasteiger charge is 2.16. The summed E-state index contributed by atoms with van der Waals surface area (Å²) in [7, 11) is 0. The van der Waals surface area contributed by atoms with E-state index in [1.165, 1.54) is 37.7 Å². The molecule has 4 nitrogen and oxygen atoms in total. The summed E-state index contributed by atoms with van der Waals surface area (Å²) in [5.41, 5.74) is 8.25. The maximum atomic E-state index is 10.6. The number of non-ortho nitro benzene ring substituents is 1. The molecule has 102 valence electrons. The van der Waals surface area contributed by atoms with Crippen molar-refractivity contribution in [3.05, 3.63) is 45.5 Å². The van der Waals surface area contributed by atoms with Gasteiger partial charge >= 0.3 is 0 Å². The van der Waals surface area contributed by atoms with Crippen LogP contribution in [0.1, 0.15) is 37.7 Å². The zero-order valence-electron chi connectivity index (χ0n) is 11.0. The number of nitro groups is 1. The molecule has 0 saturated heterocycles. The van der Waals surface area contributed by atoms with Gasteiger partial charge in [-0.2, -0.15) is 0 Å². The minimum Gasteiger partial charge on any atom is -0.327 e. The molecule has 4 heteroatoms. The van der Waals surface area contributed by atoms with Crippen LogP contribution in [-0.4, -0.2) is 11.5 Å². The van der Waals surface area contributed by atoms with E-state index >= 15 is 0 Å². The van der Waals surface area contributed by atoms with Crippen LogP contribution in [0.3, 0.4) is 0 Å². The first-order chi connectivity index (χ1) is 9.20. The molecule has 0 unspecified atom stereocenters. The van der Waals surface area contributed by atoms with E-state index in [2.05, 4.69) is 6.08 Å². The van der Waals surface area contributed by atoms with Gasteiger partial charge in [-0.05, 0) is 36.5 Å². The molecule has 1 aromatic carbocycles. The minimum atomic E-state index is -0.377. The van der Waals surface area contributed by atoms with Crippen LogP contribution in [0.15, 0.2) is 29.8 Å². The van der Waals surface area contributed by atoms with Gasteiger partial charge in [0.15, 0.2) is 0 Å². The van der Waals surface area contributed by atoms with Crippen molar-refractivity contribution in [2.45, 2.75) is 32.1 Å². The van der Waals surface area contributed by atoms with Gasteiger partial charge in [0.1, 0.15) is 0 Å². The summed E-state index contributed by atoms with van der Waals surface area (Å²) < 4.78 is 0. The first-order valence-corrected chi connectivity index (χ1v) is 6.85. The van der Waals surface area contributed by atoms with Crippen LogP contribution in [0.25, 0.3) is 6.08 Å². The molecule has 2 rings (SSSR count). The zero-order chi connectivity index (χ0) is 13.7. The topological polar surface area (TPSA) is 69.2 Å². The number of nitrogens with two attached hydrogens (primary N) is 1. The fourth-order valence-corrected chi connectivity index (χ4v) is 2.72. The quantitative estimate of drug-likeness (QED) is 0.665. The Morgan fingerprint density at radius 1 is 1.26 bits per heavy atom. The number of rotatable bonds is 4. The van der Waals surface area contributed by atoms with Gasteiger partial charge in [-0.1, -0.05) is 30.9 Å². The fourth-order valence-electron chi connectivity index (χ4n) is 2.72. The first kappa shape index (κ1) is 13.7. The molecule has 1 aliphatic rings. The molecule has 0 amide bonds. The summed E-state index contributed by atoms with van der Waals surface area (Å²) >= 11 is 0. The average Bonchev–Trinajstić information content (AvgIpc) is 2.46. The van der Waals surface area contributed by atoms with E-state index in [4.69, 9.17) is 5.73 Å². The molecule has 0 heterocycles. The van der Waals surface area contributed by atoms with Crippen molar-refractivity contribution in [2.75, 3.05) is 6.54 Å². The van der Waals surface area contributed by atoms with E-state index in [1.807, 2.05) is 0 Å². The second-order valence-electron chi connectivity index (χ2n) is 5.11. The summed E-state index contributed by atoms with van der Waals surface area (Å²) in [5.74, 6) is 0.592. The monoisotopic (exact) mass is 260 g/mol. The van der Waals surface area contributed by atoms with E-state index < -0.39 is 0 Å². The zero-order valence-corrected chi connectivity index (χ0v) is 11.0. The highest BCUT2D eigenvalue weighted by atomic mass is 16.6. The molecule has 0 aliphatic heterocycles. The van der Waals surface area contributed by atoms with Crippen molar-refractivity contribution in [1.29, 1.82) is 0 Å². The van der Waals surface area contributed by atoms with Gasteiger partial charge in [-0.3, -0.25) is 10.1 Å². The van der Waals surface area contributed by atoms with Crippen molar-refractivity contribution >= 4 is 11.8 Å². The standard InChI is InChI=1S/C15H20N2O2/c16-11-14(13-4-2-1-3-5-13)10-12-6-8-15(9-7-12)17(18)19/h6-10,13H,1-5,11,16H2. The van der Waals surface area contributed by atoms with Crippen LogP contribution in [-0.2, 0) is 0 Å². The number of hydrogen-bond donors (Lipinski definition) is 1. The summed E-state index contributed by atoms with van der Waals surface area (Å²) in [6.07, 6.45) is 8.42. The molecule has 19 heavy (non-hydrogen) atoms. The predicted octanol–water partition coefficient (Wildman–Crippen LogP) is 3.52. The molecule has 1 aromatic rings. The Kier molecular flexibility index (Phi) is 4.68. The molecular weight excluding hydrogens is 240 g/mol. The number of nitro benzene ring substituents is 1. The van der Waals surface area contributed by atoms with Gasteiger partial charge in [-0.15, -0.1) is 0 Å². The SMILES string of the molecule is NCC(=Cc1ccc([N+](=O)[O-])cc1)C1CCCCC1. The third-order valence-electron chi connectivity index (χ3n) is 3.82. The maximum Gasteiger partial charge on any atom is 0.269 e. The maximum absolute atomic E-state index is 10.6. The highest BCUT2D eigenvalue weighted by molar-refractivity contribution is 5.55. The second-order valence-corrected chi connectivity index (χ2v) is 5.11. The van der Waals surface area contributed by atoms with Crippen molar-refractivity contribution in [3.63, 3.8) is 0 Å². The Labute approximate surface area is 113 Å². The molecule has 2 N–H and O–H groups in total. The van der Waals surface area contributed by atoms with Crippen molar-refractivity contribution in [1.82, 2.24) is 0 Å². The van der Waals surface area contributed by atoms with E-state index in [-0.39, 0.29) is 10.6 Å². The third-order valence-corrected chi connectivity index (χ3v) is 3.82. The van der Waals surface area contributed by atoms with Crippen LogP contribution in [0, 0.1) is 16.0 Å². The molecular formula is C15H20N2O2. The van der Waals surface area contributed by atoms with Gasteiger partial charge in [0.2, 0.25) is 0 Å². The molecule has 0 radical (unpaired) electrons. The second kappa shape index (κ2) is 6.48. The minimum absolute atomic E-state index is 0.129. The number of nitrogens with zero attached hydrogens (tertiary/aromatic N) is 1.